The largest absolute Gasteiger partial charge is 0.345 e. The van der Waals surface area contributed by atoms with Gasteiger partial charge in [-0.15, -0.1) is 0 Å². The highest BCUT2D eigenvalue weighted by Crippen LogP contribution is 2.17. The lowest BCUT2D eigenvalue weighted by molar-refractivity contribution is 0.0940. The van der Waals surface area contributed by atoms with Gasteiger partial charge in [0.05, 0.1) is 11.6 Å². The molecular weight excluding hydrogens is 248 g/mol. The number of rotatable bonds is 4. The number of nitrogens with zero attached hydrogens (tertiary/aromatic N) is 1. The number of hydrazine groups is 1. The van der Waals surface area contributed by atoms with Gasteiger partial charge in [-0.1, -0.05) is 0 Å². The van der Waals surface area contributed by atoms with Gasteiger partial charge in [-0.25, -0.2) is 10.8 Å². The number of hydrogen-bond donors (Lipinski definition) is 3. The fourth-order valence-corrected chi connectivity index (χ4v) is 2.34. The highest BCUT2D eigenvalue weighted by Gasteiger charge is 2.15. The first-order chi connectivity index (χ1) is 8.72. The van der Waals surface area contributed by atoms with E-state index in [9.17, 15) is 4.79 Å². The number of nitrogen functional groups attached to an aromatic ring is 1. The number of pyridine rings is 1. The summed E-state index contributed by atoms with van der Waals surface area (Å²) in [5.41, 5.74) is 3.93. The molecule has 18 heavy (non-hydrogen) atoms. The molecule has 2 rings (SSSR count). The Balaban J connectivity index is 2.12. The molecular formula is C12H14N4OS. The van der Waals surface area contributed by atoms with Crippen LogP contribution >= 0.6 is 11.3 Å². The molecule has 0 aliphatic rings. The Bertz CT molecular complexity index is 527. The van der Waals surface area contributed by atoms with Gasteiger partial charge in [-0.05, 0) is 41.4 Å². The summed E-state index contributed by atoms with van der Waals surface area (Å²) in [7, 11) is 0. The molecule has 2 aromatic heterocycles. The summed E-state index contributed by atoms with van der Waals surface area (Å²) in [6.07, 6.45) is 1.58. The molecule has 1 atom stereocenters. The molecule has 6 heteroatoms. The molecule has 0 saturated carbocycles. The lowest BCUT2D eigenvalue weighted by Gasteiger charge is -2.14. The quantitative estimate of drug-likeness (QED) is 0.581. The number of aromatic nitrogens is 1. The van der Waals surface area contributed by atoms with E-state index in [0.29, 0.717) is 11.4 Å². The fraction of sp³-hybridized carbons (Fsp3) is 0.167. The number of carbonyl (C=O) groups excluding carboxylic acids is 1. The van der Waals surface area contributed by atoms with Gasteiger partial charge < -0.3 is 10.7 Å². The number of amides is 1. The van der Waals surface area contributed by atoms with Gasteiger partial charge in [0.25, 0.3) is 5.91 Å². The van der Waals surface area contributed by atoms with Gasteiger partial charge in [-0.2, -0.15) is 11.3 Å². The minimum absolute atomic E-state index is 0.0467. The molecule has 0 bridgehead atoms. The first-order valence-electron chi connectivity index (χ1n) is 5.47. The highest BCUT2D eigenvalue weighted by atomic mass is 32.1. The van der Waals surface area contributed by atoms with E-state index in [1.54, 1.807) is 29.7 Å². The van der Waals surface area contributed by atoms with E-state index in [4.69, 9.17) is 5.84 Å². The van der Waals surface area contributed by atoms with Crippen molar-refractivity contribution in [2.45, 2.75) is 13.0 Å². The van der Waals surface area contributed by atoms with Crippen LogP contribution in [0.3, 0.4) is 0 Å². The third-order valence-electron chi connectivity index (χ3n) is 2.58. The number of carbonyl (C=O) groups is 1. The average molecular weight is 262 g/mol. The summed E-state index contributed by atoms with van der Waals surface area (Å²) in [5, 5.41) is 6.90. The van der Waals surface area contributed by atoms with E-state index in [1.807, 2.05) is 23.8 Å². The standard InChI is InChI=1S/C12H14N4OS/c1-8(9-4-6-18-7-9)15-12(17)10-3-2-5-14-11(10)16-13/h2-8H,13H2,1H3,(H,14,16)(H,15,17). The molecule has 4 N–H and O–H groups in total. The summed E-state index contributed by atoms with van der Waals surface area (Å²) >= 11 is 1.60. The van der Waals surface area contributed by atoms with Crippen LogP contribution in [0.15, 0.2) is 35.2 Å². The first kappa shape index (κ1) is 12.5. The molecule has 1 unspecified atom stereocenters. The third kappa shape index (κ3) is 2.66. The fourth-order valence-electron chi connectivity index (χ4n) is 1.58. The number of hydrogen-bond acceptors (Lipinski definition) is 5. The minimum atomic E-state index is -0.199. The van der Waals surface area contributed by atoms with E-state index in [-0.39, 0.29) is 11.9 Å². The Morgan fingerprint density at radius 1 is 1.50 bits per heavy atom. The van der Waals surface area contributed by atoms with Crippen LogP contribution in [0.5, 0.6) is 0 Å². The molecule has 2 aromatic rings. The van der Waals surface area contributed by atoms with Gasteiger partial charge in [0.2, 0.25) is 0 Å². The predicted octanol–water partition coefficient (Wildman–Crippen LogP) is 1.92. The second kappa shape index (κ2) is 5.61. The van der Waals surface area contributed by atoms with Crippen molar-refractivity contribution < 1.29 is 4.79 Å². The molecule has 5 nitrogen and oxygen atoms in total. The van der Waals surface area contributed by atoms with Crippen molar-refractivity contribution >= 4 is 23.1 Å². The molecule has 1 amide bonds. The van der Waals surface area contributed by atoms with Crippen molar-refractivity contribution in [3.63, 3.8) is 0 Å². The predicted molar refractivity (Wildman–Crippen MR) is 72.2 cm³/mol. The molecule has 2 heterocycles. The first-order valence-corrected chi connectivity index (χ1v) is 6.41. The molecule has 94 valence electrons. The van der Waals surface area contributed by atoms with Crippen molar-refractivity contribution in [2.75, 3.05) is 5.43 Å². The number of nitrogens with two attached hydrogens (primary N) is 1. The van der Waals surface area contributed by atoms with Crippen molar-refractivity contribution in [2.24, 2.45) is 5.84 Å². The van der Waals surface area contributed by atoms with E-state index < -0.39 is 0 Å². The lowest BCUT2D eigenvalue weighted by atomic mass is 10.1. The van der Waals surface area contributed by atoms with E-state index >= 15 is 0 Å². The molecule has 0 aromatic carbocycles. The Kier molecular flexibility index (Phi) is 3.91. The number of nitrogens with one attached hydrogen (secondary N) is 2. The van der Waals surface area contributed by atoms with Crippen molar-refractivity contribution in [3.8, 4) is 0 Å². The van der Waals surface area contributed by atoms with Gasteiger partial charge in [-0.3, -0.25) is 4.79 Å². The van der Waals surface area contributed by atoms with Gasteiger partial charge in [0, 0.05) is 6.20 Å². The zero-order valence-corrected chi connectivity index (χ0v) is 10.7. The second-order valence-corrected chi connectivity index (χ2v) is 4.58. The SMILES string of the molecule is CC(NC(=O)c1cccnc1NN)c1ccsc1. The monoisotopic (exact) mass is 262 g/mol. The third-order valence-corrected chi connectivity index (χ3v) is 3.28. The maximum atomic E-state index is 12.1. The number of anilines is 1. The second-order valence-electron chi connectivity index (χ2n) is 3.80. The molecule has 0 saturated heterocycles. The maximum Gasteiger partial charge on any atom is 0.255 e. The van der Waals surface area contributed by atoms with E-state index in [0.717, 1.165) is 5.56 Å². The van der Waals surface area contributed by atoms with Gasteiger partial charge in [0.15, 0.2) is 5.82 Å². The molecule has 0 aliphatic carbocycles. The lowest BCUT2D eigenvalue weighted by Crippen LogP contribution is -2.28. The molecule has 0 radical (unpaired) electrons. The Morgan fingerprint density at radius 2 is 2.33 bits per heavy atom. The van der Waals surface area contributed by atoms with Crippen molar-refractivity contribution in [1.82, 2.24) is 10.3 Å². The minimum Gasteiger partial charge on any atom is -0.345 e. The van der Waals surface area contributed by atoms with Crippen LogP contribution in [0.25, 0.3) is 0 Å². The average Bonchev–Trinajstić information content (AvgIpc) is 2.92. The summed E-state index contributed by atoms with van der Waals surface area (Å²) < 4.78 is 0. The van der Waals surface area contributed by atoms with Crippen LogP contribution in [0.1, 0.15) is 28.9 Å². The Labute approximate surface area is 109 Å². The zero-order valence-electron chi connectivity index (χ0n) is 9.88. The summed E-state index contributed by atoms with van der Waals surface area (Å²) in [6, 6.07) is 5.32. The smallest absolute Gasteiger partial charge is 0.255 e. The van der Waals surface area contributed by atoms with Crippen molar-refractivity contribution in [1.29, 1.82) is 0 Å². The topological polar surface area (TPSA) is 80.0 Å². The van der Waals surface area contributed by atoms with Crippen LogP contribution in [0, 0.1) is 0 Å². The van der Waals surface area contributed by atoms with Crippen LogP contribution in [-0.2, 0) is 0 Å². The highest BCUT2D eigenvalue weighted by molar-refractivity contribution is 7.07. The van der Waals surface area contributed by atoms with Crippen LogP contribution < -0.4 is 16.6 Å². The molecule has 0 fully saturated rings. The van der Waals surface area contributed by atoms with Crippen LogP contribution in [0.2, 0.25) is 0 Å². The Hall–Kier alpha value is -1.92. The molecule has 0 aliphatic heterocycles. The van der Waals surface area contributed by atoms with Crippen LogP contribution in [-0.4, -0.2) is 10.9 Å². The van der Waals surface area contributed by atoms with Gasteiger partial charge in [0.1, 0.15) is 0 Å². The van der Waals surface area contributed by atoms with Crippen molar-refractivity contribution in [3.05, 3.63) is 46.3 Å². The van der Waals surface area contributed by atoms with Crippen LogP contribution in [0.4, 0.5) is 5.82 Å². The zero-order chi connectivity index (χ0) is 13.0. The maximum absolute atomic E-state index is 12.1. The van der Waals surface area contributed by atoms with E-state index in [1.165, 1.54) is 0 Å². The Morgan fingerprint density at radius 3 is 3.00 bits per heavy atom. The van der Waals surface area contributed by atoms with E-state index in [2.05, 4.69) is 15.7 Å². The normalized spacial score (nSPS) is 11.9. The number of thiophene rings is 1. The summed E-state index contributed by atoms with van der Waals surface area (Å²) in [6.45, 7) is 1.94. The summed E-state index contributed by atoms with van der Waals surface area (Å²) in [4.78, 5) is 16.1. The van der Waals surface area contributed by atoms with Gasteiger partial charge >= 0.3 is 0 Å². The summed E-state index contributed by atoms with van der Waals surface area (Å²) in [5.74, 6) is 5.49. The molecule has 0 spiro atoms.